The van der Waals surface area contributed by atoms with Crippen LogP contribution in [0.2, 0.25) is 0 Å². The minimum atomic E-state index is -0.465. The highest BCUT2D eigenvalue weighted by Gasteiger charge is 2.15. The van der Waals surface area contributed by atoms with Crippen LogP contribution in [-0.2, 0) is 4.79 Å². The van der Waals surface area contributed by atoms with E-state index in [2.05, 4.69) is 16.3 Å². The van der Waals surface area contributed by atoms with Crippen molar-refractivity contribution in [1.29, 1.82) is 0 Å². The lowest BCUT2D eigenvalue weighted by atomic mass is 10.1. The normalized spacial score (nSPS) is 16.5. The highest BCUT2D eigenvalue weighted by molar-refractivity contribution is 5.80. The summed E-state index contributed by atoms with van der Waals surface area (Å²) >= 11 is 0. The van der Waals surface area contributed by atoms with E-state index in [9.17, 15) is 4.79 Å². The molecule has 2 rings (SSSR count). The molecule has 1 aromatic rings. The summed E-state index contributed by atoms with van der Waals surface area (Å²) < 4.78 is 5.77. The molecule has 4 heteroatoms. The number of carbonyl (C=O) groups is 1. The third-order valence-electron chi connectivity index (χ3n) is 4.15. The average Bonchev–Trinajstić information content (AvgIpc) is 2.99. The lowest BCUT2D eigenvalue weighted by molar-refractivity contribution is -0.127. The van der Waals surface area contributed by atoms with Crippen LogP contribution in [0.15, 0.2) is 18.2 Å². The number of nitrogens with one attached hydrogen (secondary N) is 1. The standard InChI is InChI=1S/C18H28N2O2/c1-14-7-8-17(15(2)13-14)22-16(3)18(21)19-9-6-12-20-10-4-5-11-20/h7-8,13,16H,4-6,9-12H2,1-3H3,(H,19,21)/t16-/m1/s1. The predicted molar refractivity (Wildman–Crippen MR) is 89.3 cm³/mol. The fourth-order valence-electron chi connectivity index (χ4n) is 2.84. The second-order valence-electron chi connectivity index (χ2n) is 6.22. The molecule has 0 unspecified atom stereocenters. The maximum Gasteiger partial charge on any atom is 0.260 e. The summed E-state index contributed by atoms with van der Waals surface area (Å²) in [4.78, 5) is 14.5. The molecule has 1 fully saturated rings. The van der Waals surface area contributed by atoms with Gasteiger partial charge >= 0.3 is 0 Å². The number of hydrogen-bond acceptors (Lipinski definition) is 3. The second-order valence-corrected chi connectivity index (χ2v) is 6.22. The first kappa shape index (κ1) is 16.8. The second kappa shape index (κ2) is 8.18. The Hall–Kier alpha value is -1.55. The van der Waals surface area contributed by atoms with Gasteiger partial charge in [-0.15, -0.1) is 0 Å². The summed E-state index contributed by atoms with van der Waals surface area (Å²) in [7, 11) is 0. The molecule has 1 aromatic carbocycles. The molecule has 0 saturated carbocycles. The van der Waals surface area contributed by atoms with Crippen LogP contribution in [0.4, 0.5) is 0 Å². The van der Waals surface area contributed by atoms with E-state index in [-0.39, 0.29) is 5.91 Å². The van der Waals surface area contributed by atoms with Crippen molar-refractivity contribution in [2.45, 2.75) is 46.1 Å². The number of amides is 1. The van der Waals surface area contributed by atoms with Gasteiger partial charge in [0.05, 0.1) is 0 Å². The monoisotopic (exact) mass is 304 g/mol. The van der Waals surface area contributed by atoms with Gasteiger partial charge in [-0.05, 0) is 71.3 Å². The van der Waals surface area contributed by atoms with Gasteiger partial charge in [-0.3, -0.25) is 4.79 Å². The number of likely N-dealkylation sites (tertiary alicyclic amines) is 1. The van der Waals surface area contributed by atoms with Gasteiger partial charge < -0.3 is 15.0 Å². The summed E-state index contributed by atoms with van der Waals surface area (Å²) in [6, 6.07) is 6.00. The van der Waals surface area contributed by atoms with Gasteiger partial charge in [0.2, 0.25) is 0 Å². The molecule has 0 aliphatic carbocycles. The Morgan fingerprint density at radius 2 is 2.05 bits per heavy atom. The van der Waals surface area contributed by atoms with Crippen molar-refractivity contribution in [2.24, 2.45) is 0 Å². The SMILES string of the molecule is Cc1ccc(O[C@H](C)C(=O)NCCCN2CCCC2)c(C)c1. The van der Waals surface area contributed by atoms with Crippen molar-refractivity contribution < 1.29 is 9.53 Å². The number of benzene rings is 1. The Morgan fingerprint density at radius 3 is 2.73 bits per heavy atom. The number of ether oxygens (including phenoxy) is 1. The lowest BCUT2D eigenvalue weighted by Crippen LogP contribution is -2.37. The lowest BCUT2D eigenvalue weighted by Gasteiger charge is -2.18. The Kier molecular flexibility index (Phi) is 6.25. The topological polar surface area (TPSA) is 41.6 Å². The van der Waals surface area contributed by atoms with E-state index >= 15 is 0 Å². The Bertz CT molecular complexity index is 496. The largest absolute Gasteiger partial charge is 0.481 e. The van der Waals surface area contributed by atoms with Crippen LogP contribution in [0.1, 0.15) is 37.3 Å². The molecule has 0 radical (unpaired) electrons. The van der Waals surface area contributed by atoms with Crippen LogP contribution in [-0.4, -0.2) is 43.1 Å². The van der Waals surface area contributed by atoms with Gasteiger partial charge in [0.1, 0.15) is 5.75 Å². The molecule has 1 atom stereocenters. The van der Waals surface area contributed by atoms with E-state index in [0.717, 1.165) is 30.8 Å². The summed E-state index contributed by atoms with van der Waals surface area (Å²) in [5, 5.41) is 2.97. The maximum atomic E-state index is 12.1. The van der Waals surface area contributed by atoms with Gasteiger partial charge in [-0.2, -0.15) is 0 Å². The van der Waals surface area contributed by atoms with Crippen molar-refractivity contribution in [1.82, 2.24) is 10.2 Å². The molecular weight excluding hydrogens is 276 g/mol. The highest BCUT2D eigenvalue weighted by atomic mass is 16.5. The third-order valence-corrected chi connectivity index (χ3v) is 4.15. The van der Waals surface area contributed by atoms with Crippen LogP contribution in [0.5, 0.6) is 5.75 Å². The minimum Gasteiger partial charge on any atom is -0.481 e. The van der Waals surface area contributed by atoms with Crippen molar-refractivity contribution in [3.63, 3.8) is 0 Å². The van der Waals surface area contributed by atoms with Crippen molar-refractivity contribution >= 4 is 5.91 Å². The van der Waals surface area contributed by atoms with Crippen LogP contribution in [0.25, 0.3) is 0 Å². The smallest absolute Gasteiger partial charge is 0.260 e. The van der Waals surface area contributed by atoms with Gasteiger partial charge in [-0.25, -0.2) is 0 Å². The Labute approximate surface area is 133 Å². The molecule has 0 spiro atoms. The predicted octanol–water partition coefficient (Wildman–Crippen LogP) is 2.67. The number of carbonyl (C=O) groups excluding carboxylic acids is 1. The summed E-state index contributed by atoms with van der Waals surface area (Å²) in [5.41, 5.74) is 2.26. The van der Waals surface area contributed by atoms with Crippen LogP contribution in [0.3, 0.4) is 0 Å². The summed E-state index contributed by atoms with van der Waals surface area (Å²) in [6.45, 7) is 10.1. The van der Waals surface area contributed by atoms with Crippen LogP contribution >= 0.6 is 0 Å². The quantitative estimate of drug-likeness (QED) is 0.788. The number of rotatable bonds is 7. The van der Waals surface area contributed by atoms with Crippen LogP contribution in [0, 0.1) is 13.8 Å². The van der Waals surface area contributed by atoms with E-state index in [1.807, 2.05) is 26.0 Å². The first-order valence-corrected chi connectivity index (χ1v) is 8.30. The summed E-state index contributed by atoms with van der Waals surface area (Å²) in [5.74, 6) is 0.742. The minimum absolute atomic E-state index is 0.0404. The third kappa shape index (κ3) is 5.02. The highest BCUT2D eigenvalue weighted by Crippen LogP contribution is 2.20. The van der Waals surface area contributed by atoms with Gasteiger partial charge in [0, 0.05) is 6.54 Å². The Morgan fingerprint density at radius 1 is 1.32 bits per heavy atom. The number of hydrogen-bond donors (Lipinski definition) is 1. The fourth-order valence-corrected chi connectivity index (χ4v) is 2.84. The molecular formula is C18H28N2O2. The zero-order valence-corrected chi connectivity index (χ0v) is 14.0. The molecule has 1 aliphatic heterocycles. The first-order chi connectivity index (χ1) is 10.6. The molecule has 1 aliphatic rings. The van der Waals surface area contributed by atoms with Crippen molar-refractivity contribution in [3.8, 4) is 5.75 Å². The molecule has 1 N–H and O–H groups in total. The zero-order chi connectivity index (χ0) is 15.9. The van der Waals surface area contributed by atoms with E-state index in [1.165, 1.54) is 31.5 Å². The van der Waals surface area contributed by atoms with Crippen molar-refractivity contribution in [2.75, 3.05) is 26.2 Å². The van der Waals surface area contributed by atoms with E-state index in [1.54, 1.807) is 6.92 Å². The van der Waals surface area contributed by atoms with E-state index in [4.69, 9.17) is 4.74 Å². The first-order valence-electron chi connectivity index (χ1n) is 8.30. The number of nitrogens with zero attached hydrogens (tertiary/aromatic N) is 1. The molecule has 1 saturated heterocycles. The van der Waals surface area contributed by atoms with E-state index in [0.29, 0.717) is 0 Å². The van der Waals surface area contributed by atoms with Gasteiger partial charge in [0.25, 0.3) is 5.91 Å². The average molecular weight is 304 g/mol. The van der Waals surface area contributed by atoms with E-state index < -0.39 is 6.10 Å². The fraction of sp³-hybridized carbons (Fsp3) is 0.611. The molecule has 0 bridgehead atoms. The molecule has 4 nitrogen and oxygen atoms in total. The Balaban J connectivity index is 1.69. The van der Waals surface area contributed by atoms with Crippen molar-refractivity contribution in [3.05, 3.63) is 29.3 Å². The van der Waals surface area contributed by atoms with Gasteiger partial charge in [-0.1, -0.05) is 17.7 Å². The molecule has 0 aromatic heterocycles. The summed E-state index contributed by atoms with van der Waals surface area (Å²) in [6.07, 6.45) is 3.16. The molecule has 1 amide bonds. The van der Waals surface area contributed by atoms with Gasteiger partial charge in [0.15, 0.2) is 6.10 Å². The van der Waals surface area contributed by atoms with Crippen LogP contribution < -0.4 is 10.1 Å². The molecule has 1 heterocycles. The number of aryl methyl sites for hydroxylation is 2. The molecule has 22 heavy (non-hydrogen) atoms. The maximum absolute atomic E-state index is 12.1. The zero-order valence-electron chi connectivity index (χ0n) is 14.0. The molecule has 122 valence electrons.